The maximum absolute atomic E-state index is 11.6. The van der Waals surface area contributed by atoms with Crippen LogP contribution in [0.3, 0.4) is 0 Å². The minimum absolute atomic E-state index is 0.274. The summed E-state index contributed by atoms with van der Waals surface area (Å²) >= 11 is 8.92. The molecule has 0 spiro atoms. The number of rotatable bonds is 5. The first kappa shape index (κ1) is 12.7. The van der Waals surface area contributed by atoms with Crippen molar-refractivity contribution < 1.29 is 8.42 Å². The first-order valence-electron chi connectivity index (χ1n) is 3.87. The average molecular weight is 366 g/mol. The van der Waals surface area contributed by atoms with Crippen LogP contribution in [0.15, 0.2) is 16.3 Å². The summed E-state index contributed by atoms with van der Waals surface area (Å²) in [5, 5.41) is 0. The molecule has 0 saturated heterocycles. The predicted molar refractivity (Wildman–Crippen MR) is 68.0 cm³/mol. The molecule has 80 valence electrons. The maximum atomic E-state index is 11.6. The molecule has 14 heavy (non-hydrogen) atoms. The quantitative estimate of drug-likeness (QED) is 0.495. The Bertz CT molecular complexity index is 390. The van der Waals surface area contributed by atoms with Crippen LogP contribution in [0.25, 0.3) is 0 Å². The van der Waals surface area contributed by atoms with E-state index in [9.17, 15) is 8.42 Å². The third kappa shape index (κ3) is 3.65. The van der Waals surface area contributed by atoms with Crippen LogP contribution in [0.1, 0.15) is 6.42 Å². The molecule has 0 aromatic carbocycles. The second kappa shape index (κ2) is 5.64. The van der Waals surface area contributed by atoms with E-state index in [4.69, 9.17) is 11.6 Å². The van der Waals surface area contributed by atoms with Crippen molar-refractivity contribution >= 4 is 55.6 Å². The van der Waals surface area contributed by atoms with Crippen molar-refractivity contribution in [2.75, 3.05) is 11.0 Å². The third-order valence-electron chi connectivity index (χ3n) is 1.42. The van der Waals surface area contributed by atoms with Crippen LogP contribution >= 0.6 is 45.5 Å². The van der Waals surface area contributed by atoms with Crippen LogP contribution in [0.5, 0.6) is 0 Å². The normalized spacial score (nSPS) is 11.9. The van der Waals surface area contributed by atoms with Crippen molar-refractivity contribution in [2.24, 2.45) is 0 Å². The number of alkyl halides is 1. The fraction of sp³-hybridized carbons (Fsp3) is 0.429. The minimum atomic E-state index is -3.33. The standard InChI is InChI=1S/C7H9ClINO2S2/c8-6-2-3-7(13-6)14(11,12)10-5-1-4-9/h2-3,10H,1,4-5H2. The van der Waals surface area contributed by atoms with Crippen molar-refractivity contribution in [2.45, 2.75) is 10.6 Å². The van der Waals surface area contributed by atoms with Crippen molar-refractivity contribution in [3.05, 3.63) is 16.5 Å². The molecule has 0 unspecified atom stereocenters. The van der Waals surface area contributed by atoms with E-state index in [0.29, 0.717) is 10.9 Å². The van der Waals surface area contributed by atoms with Gasteiger partial charge in [0.2, 0.25) is 10.0 Å². The highest BCUT2D eigenvalue weighted by Crippen LogP contribution is 2.25. The van der Waals surface area contributed by atoms with E-state index >= 15 is 0 Å². The van der Waals surface area contributed by atoms with E-state index in [1.807, 2.05) is 0 Å². The van der Waals surface area contributed by atoms with Crippen molar-refractivity contribution in [1.82, 2.24) is 4.72 Å². The van der Waals surface area contributed by atoms with Gasteiger partial charge in [0.1, 0.15) is 4.21 Å². The lowest BCUT2D eigenvalue weighted by molar-refractivity contribution is 0.583. The Morgan fingerprint density at radius 2 is 2.21 bits per heavy atom. The maximum Gasteiger partial charge on any atom is 0.250 e. The molecule has 1 aromatic rings. The topological polar surface area (TPSA) is 46.2 Å². The summed E-state index contributed by atoms with van der Waals surface area (Å²) in [5.74, 6) is 0. The lowest BCUT2D eigenvalue weighted by Gasteiger charge is -2.02. The van der Waals surface area contributed by atoms with Gasteiger partial charge in [-0.05, 0) is 18.6 Å². The molecule has 0 amide bonds. The molecule has 0 radical (unpaired) electrons. The molecule has 0 saturated carbocycles. The van der Waals surface area contributed by atoms with E-state index < -0.39 is 10.0 Å². The summed E-state index contributed by atoms with van der Waals surface area (Å²) in [7, 11) is -3.33. The van der Waals surface area contributed by atoms with Gasteiger partial charge < -0.3 is 0 Å². The highest BCUT2D eigenvalue weighted by atomic mass is 127. The van der Waals surface area contributed by atoms with E-state index in [1.54, 1.807) is 6.07 Å². The summed E-state index contributed by atoms with van der Waals surface area (Å²) in [4.78, 5) is 0. The van der Waals surface area contributed by atoms with Crippen LogP contribution in [0, 0.1) is 0 Å². The minimum Gasteiger partial charge on any atom is -0.210 e. The smallest absolute Gasteiger partial charge is 0.210 e. The number of halogens is 2. The zero-order chi connectivity index (χ0) is 10.6. The Morgan fingerprint density at radius 1 is 1.50 bits per heavy atom. The molecular weight excluding hydrogens is 357 g/mol. The van der Waals surface area contributed by atoms with Crippen molar-refractivity contribution in [1.29, 1.82) is 0 Å². The molecule has 3 nitrogen and oxygen atoms in total. The number of thiophene rings is 1. The molecule has 0 fully saturated rings. The second-order valence-electron chi connectivity index (χ2n) is 2.50. The van der Waals surface area contributed by atoms with E-state index in [2.05, 4.69) is 27.3 Å². The van der Waals surface area contributed by atoms with Gasteiger partial charge >= 0.3 is 0 Å². The molecule has 0 atom stereocenters. The fourth-order valence-corrected chi connectivity index (χ4v) is 3.77. The van der Waals surface area contributed by atoms with Gasteiger partial charge in [-0.25, -0.2) is 13.1 Å². The van der Waals surface area contributed by atoms with Crippen LogP contribution in [0.2, 0.25) is 4.34 Å². The van der Waals surface area contributed by atoms with Crippen LogP contribution < -0.4 is 4.72 Å². The van der Waals surface area contributed by atoms with Gasteiger partial charge in [-0.3, -0.25) is 0 Å². The first-order valence-corrected chi connectivity index (χ1v) is 8.07. The molecule has 0 bridgehead atoms. The monoisotopic (exact) mass is 365 g/mol. The molecule has 1 aromatic heterocycles. The summed E-state index contributed by atoms with van der Waals surface area (Å²) in [5.41, 5.74) is 0. The molecule has 1 N–H and O–H groups in total. The largest absolute Gasteiger partial charge is 0.250 e. The predicted octanol–water partition coefficient (Wildman–Crippen LogP) is 2.50. The fourth-order valence-electron chi connectivity index (χ4n) is 0.787. The highest BCUT2D eigenvalue weighted by Gasteiger charge is 2.15. The summed E-state index contributed by atoms with van der Waals surface area (Å²) < 4.78 is 27.3. The van der Waals surface area contributed by atoms with Gasteiger partial charge in [0, 0.05) is 11.0 Å². The molecule has 0 aliphatic rings. The highest BCUT2D eigenvalue weighted by molar-refractivity contribution is 14.1. The zero-order valence-electron chi connectivity index (χ0n) is 7.16. The third-order valence-corrected chi connectivity index (χ3v) is 5.36. The number of sulfonamides is 1. The van der Waals surface area contributed by atoms with E-state index in [-0.39, 0.29) is 4.21 Å². The van der Waals surface area contributed by atoms with Gasteiger partial charge in [-0.2, -0.15) is 0 Å². The van der Waals surface area contributed by atoms with Gasteiger partial charge in [0.05, 0.1) is 4.34 Å². The van der Waals surface area contributed by atoms with Gasteiger partial charge in [0.25, 0.3) is 0 Å². The van der Waals surface area contributed by atoms with Crippen LogP contribution in [-0.4, -0.2) is 19.4 Å². The Hall–Kier alpha value is 0.630. The van der Waals surface area contributed by atoms with Crippen molar-refractivity contribution in [3.8, 4) is 0 Å². The van der Waals surface area contributed by atoms with Crippen molar-refractivity contribution in [3.63, 3.8) is 0 Å². The van der Waals surface area contributed by atoms with E-state index in [0.717, 1.165) is 22.2 Å². The zero-order valence-corrected chi connectivity index (χ0v) is 11.7. The summed E-state index contributed by atoms with van der Waals surface area (Å²) in [6.45, 7) is 0.473. The summed E-state index contributed by atoms with van der Waals surface area (Å²) in [6, 6.07) is 3.10. The Morgan fingerprint density at radius 3 is 2.71 bits per heavy atom. The van der Waals surface area contributed by atoms with Gasteiger partial charge in [0.15, 0.2) is 0 Å². The Balaban J connectivity index is 2.66. The molecule has 7 heteroatoms. The van der Waals surface area contributed by atoms with Gasteiger partial charge in [-0.15, -0.1) is 11.3 Å². The van der Waals surface area contributed by atoms with Crippen LogP contribution in [0.4, 0.5) is 0 Å². The molecular formula is C7H9ClINO2S2. The number of hydrogen-bond acceptors (Lipinski definition) is 3. The first-order chi connectivity index (χ1) is 6.56. The molecule has 0 aliphatic carbocycles. The second-order valence-corrected chi connectivity index (χ2v) is 7.29. The summed E-state index contributed by atoms with van der Waals surface area (Å²) in [6.07, 6.45) is 0.832. The lowest BCUT2D eigenvalue weighted by Crippen LogP contribution is -2.24. The Labute approximate surface area is 106 Å². The van der Waals surface area contributed by atoms with E-state index in [1.165, 1.54) is 6.07 Å². The van der Waals surface area contributed by atoms with Gasteiger partial charge in [-0.1, -0.05) is 34.2 Å². The molecule has 1 rings (SSSR count). The molecule has 0 aliphatic heterocycles. The lowest BCUT2D eigenvalue weighted by atomic mass is 10.5. The van der Waals surface area contributed by atoms with Crippen LogP contribution in [-0.2, 0) is 10.0 Å². The number of hydrogen-bond donors (Lipinski definition) is 1. The SMILES string of the molecule is O=S(=O)(NCCCI)c1ccc(Cl)s1. The average Bonchev–Trinajstić information content (AvgIpc) is 2.53. The number of nitrogens with one attached hydrogen (secondary N) is 1. The Kier molecular flexibility index (Phi) is 5.12. The molecule has 1 heterocycles.